The van der Waals surface area contributed by atoms with Gasteiger partial charge in [0.2, 0.25) is 12.1 Å². The normalized spacial score (nSPS) is 10.4. The van der Waals surface area contributed by atoms with E-state index in [1.54, 1.807) is 21.3 Å². The molecule has 0 radical (unpaired) electrons. The van der Waals surface area contributed by atoms with Crippen molar-refractivity contribution in [2.75, 3.05) is 27.9 Å². The monoisotopic (exact) mass is 293 g/mol. The molecule has 0 saturated carbocycles. The average Bonchev–Trinajstić information content (AvgIpc) is 3.03. The fraction of sp³-hybridized carbons (Fsp3) is 0.429. The largest absolute Gasteiger partial charge is 0.493 e. The summed E-state index contributed by atoms with van der Waals surface area (Å²) in [7, 11) is 4.80. The van der Waals surface area contributed by atoms with Crippen molar-refractivity contribution >= 4 is 0 Å². The van der Waals surface area contributed by atoms with Crippen LogP contribution in [0.25, 0.3) is 0 Å². The van der Waals surface area contributed by atoms with Crippen LogP contribution >= 0.6 is 0 Å². The van der Waals surface area contributed by atoms with E-state index >= 15 is 0 Å². The summed E-state index contributed by atoms with van der Waals surface area (Å²) in [6.45, 7) is 1.37. The van der Waals surface area contributed by atoms with Crippen molar-refractivity contribution in [1.29, 1.82) is 0 Å². The van der Waals surface area contributed by atoms with E-state index in [1.165, 1.54) is 6.39 Å². The SMILES string of the molecule is COc1ccc(CNCCc2ncon2)c(OC)c1OC. The zero-order chi connectivity index (χ0) is 15.1. The quantitative estimate of drug-likeness (QED) is 0.737. The first-order chi connectivity index (χ1) is 10.3. The van der Waals surface area contributed by atoms with Crippen molar-refractivity contribution < 1.29 is 18.7 Å². The number of nitrogens with one attached hydrogen (secondary N) is 1. The molecule has 1 N–H and O–H groups in total. The van der Waals surface area contributed by atoms with Gasteiger partial charge in [0, 0.05) is 25.1 Å². The number of hydrogen-bond donors (Lipinski definition) is 1. The van der Waals surface area contributed by atoms with Gasteiger partial charge in [-0.25, -0.2) is 0 Å². The van der Waals surface area contributed by atoms with Crippen LogP contribution in [0, 0.1) is 0 Å². The third kappa shape index (κ3) is 3.63. The lowest BCUT2D eigenvalue weighted by Crippen LogP contribution is -2.17. The molecule has 0 bridgehead atoms. The molecule has 1 aromatic heterocycles. The lowest BCUT2D eigenvalue weighted by Gasteiger charge is -2.16. The van der Waals surface area contributed by atoms with Crippen molar-refractivity contribution in [3.05, 3.63) is 29.9 Å². The first-order valence-corrected chi connectivity index (χ1v) is 6.54. The summed E-state index contributed by atoms with van der Waals surface area (Å²) in [5.41, 5.74) is 0.989. The number of aromatic nitrogens is 2. The summed E-state index contributed by atoms with van der Waals surface area (Å²) in [5, 5.41) is 7.06. The van der Waals surface area contributed by atoms with Gasteiger partial charge in [-0.15, -0.1) is 0 Å². The third-order valence-electron chi connectivity index (χ3n) is 3.03. The lowest BCUT2D eigenvalue weighted by atomic mass is 10.1. The van der Waals surface area contributed by atoms with Gasteiger partial charge in [-0.2, -0.15) is 4.98 Å². The highest BCUT2D eigenvalue weighted by atomic mass is 16.5. The maximum absolute atomic E-state index is 5.43. The Hall–Kier alpha value is -2.28. The Balaban J connectivity index is 1.99. The van der Waals surface area contributed by atoms with Crippen molar-refractivity contribution in [3.8, 4) is 17.2 Å². The summed E-state index contributed by atoms with van der Waals surface area (Å²) in [4.78, 5) is 3.97. The Morgan fingerprint density at radius 3 is 2.52 bits per heavy atom. The van der Waals surface area contributed by atoms with E-state index < -0.39 is 0 Å². The highest BCUT2D eigenvalue weighted by Crippen LogP contribution is 2.39. The second-order valence-electron chi connectivity index (χ2n) is 4.27. The zero-order valence-corrected chi connectivity index (χ0v) is 12.4. The molecule has 0 amide bonds. The van der Waals surface area contributed by atoms with Gasteiger partial charge in [0.25, 0.3) is 0 Å². The molecule has 0 aliphatic rings. The number of hydrogen-bond acceptors (Lipinski definition) is 7. The smallest absolute Gasteiger partial charge is 0.213 e. The highest BCUT2D eigenvalue weighted by molar-refractivity contribution is 5.55. The molecule has 0 atom stereocenters. The minimum absolute atomic E-state index is 0.595. The lowest BCUT2D eigenvalue weighted by molar-refractivity contribution is 0.321. The van der Waals surface area contributed by atoms with Crippen LogP contribution in [0.3, 0.4) is 0 Å². The maximum Gasteiger partial charge on any atom is 0.213 e. The molecule has 2 aromatic rings. The predicted octanol–water partition coefficient (Wildman–Crippen LogP) is 1.43. The summed E-state index contributed by atoms with van der Waals surface area (Å²) in [6, 6.07) is 3.80. The average molecular weight is 293 g/mol. The summed E-state index contributed by atoms with van der Waals surface area (Å²) in [6.07, 6.45) is 2.03. The van der Waals surface area contributed by atoms with Gasteiger partial charge in [0.1, 0.15) is 0 Å². The third-order valence-corrected chi connectivity index (χ3v) is 3.03. The molecule has 2 rings (SSSR count). The Kier molecular flexibility index (Phi) is 5.39. The van der Waals surface area contributed by atoms with Crippen LogP contribution in [0.15, 0.2) is 23.0 Å². The Morgan fingerprint density at radius 1 is 1.10 bits per heavy atom. The standard InChI is InChI=1S/C14H19N3O4/c1-18-11-5-4-10(13(19-2)14(11)20-3)8-15-7-6-12-16-9-21-17-12/h4-5,9,15H,6-8H2,1-3H3. The number of rotatable bonds is 8. The first-order valence-electron chi connectivity index (χ1n) is 6.54. The molecule has 114 valence electrons. The van der Waals surface area contributed by atoms with Crippen LogP contribution in [0.2, 0.25) is 0 Å². The van der Waals surface area contributed by atoms with Gasteiger partial charge in [-0.3, -0.25) is 0 Å². The van der Waals surface area contributed by atoms with E-state index in [9.17, 15) is 0 Å². The highest BCUT2D eigenvalue weighted by Gasteiger charge is 2.15. The second-order valence-corrected chi connectivity index (χ2v) is 4.27. The molecule has 0 spiro atoms. The molecule has 0 aliphatic carbocycles. The number of nitrogens with zero attached hydrogens (tertiary/aromatic N) is 2. The van der Waals surface area contributed by atoms with E-state index in [1.807, 2.05) is 12.1 Å². The zero-order valence-electron chi connectivity index (χ0n) is 12.4. The van der Waals surface area contributed by atoms with Crippen molar-refractivity contribution in [3.63, 3.8) is 0 Å². The fourth-order valence-corrected chi connectivity index (χ4v) is 2.03. The van der Waals surface area contributed by atoms with Gasteiger partial charge >= 0.3 is 0 Å². The molecule has 0 fully saturated rings. The molecule has 0 saturated heterocycles. The van der Waals surface area contributed by atoms with E-state index in [0.29, 0.717) is 36.0 Å². The van der Waals surface area contributed by atoms with Gasteiger partial charge in [0.05, 0.1) is 21.3 Å². The molecule has 1 aromatic carbocycles. The van der Waals surface area contributed by atoms with Crippen LogP contribution in [0.1, 0.15) is 11.4 Å². The van der Waals surface area contributed by atoms with Crippen molar-refractivity contribution in [2.24, 2.45) is 0 Å². The van der Waals surface area contributed by atoms with Crippen LogP contribution in [0.5, 0.6) is 17.2 Å². The van der Waals surface area contributed by atoms with Crippen molar-refractivity contribution in [2.45, 2.75) is 13.0 Å². The molecule has 0 aliphatic heterocycles. The molecule has 0 unspecified atom stereocenters. The summed E-state index contributed by atoms with van der Waals surface area (Å²) < 4.78 is 20.7. The van der Waals surface area contributed by atoms with E-state index in [0.717, 1.165) is 12.1 Å². The van der Waals surface area contributed by atoms with Crippen molar-refractivity contribution in [1.82, 2.24) is 15.5 Å². The second kappa shape index (κ2) is 7.49. The number of ether oxygens (including phenoxy) is 3. The van der Waals surface area contributed by atoms with E-state index in [4.69, 9.17) is 14.2 Å². The van der Waals surface area contributed by atoms with E-state index in [2.05, 4.69) is 20.0 Å². The molecule has 21 heavy (non-hydrogen) atoms. The first kappa shape index (κ1) is 15.1. The van der Waals surface area contributed by atoms with Gasteiger partial charge < -0.3 is 24.1 Å². The van der Waals surface area contributed by atoms with Crippen LogP contribution in [-0.4, -0.2) is 38.0 Å². The fourth-order valence-electron chi connectivity index (χ4n) is 2.03. The van der Waals surface area contributed by atoms with Crippen LogP contribution < -0.4 is 19.5 Å². The topological polar surface area (TPSA) is 78.6 Å². The molecule has 1 heterocycles. The minimum Gasteiger partial charge on any atom is -0.493 e. The van der Waals surface area contributed by atoms with Gasteiger partial charge in [0.15, 0.2) is 17.3 Å². The Morgan fingerprint density at radius 2 is 1.90 bits per heavy atom. The molecule has 7 nitrogen and oxygen atoms in total. The Labute approximate surface area is 123 Å². The molecular formula is C14H19N3O4. The van der Waals surface area contributed by atoms with Gasteiger partial charge in [-0.1, -0.05) is 11.2 Å². The minimum atomic E-state index is 0.595. The van der Waals surface area contributed by atoms with Crippen LogP contribution in [0.4, 0.5) is 0 Å². The predicted molar refractivity (Wildman–Crippen MR) is 75.8 cm³/mol. The summed E-state index contributed by atoms with van der Waals surface area (Å²) >= 11 is 0. The van der Waals surface area contributed by atoms with Crippen LogP contribution in [-0.2, 0) is 13.0 Å². The number of methoxy groups -OCH3 is 3. The Bertz CT molecular complexity index is 558. The summed E-state index contributed by atoms with van der Waals surface area (Å²) in [5.74, 6) is 2.59. The van der Waals surface area contributed by atoms with E-state index in [-0.39, 0.29) is 0 Å². The van der Waals surface area contributed by atoms with Gasteiger partial charge in [-0.05, 0) is 6.07 Å². The maximum atomic E-state index is 5.43. The molecule has 7 heteroatoms. The number of benzene rings is 1. The molecular weight excluding hydrogens is 274 g/mol.